The maximum atomic E-state index is 13.0. The van der Waals surface area contributed by atoms with Gasteiger partial charge in [-0.2, -0.15) is 0 Å². The summed E-state index contributed by atoms with van der Waals surface area (Å²) in [4.78, 5) is 44.5. The summed E-state index contributed by atoms with van der Waals surface area (Å²) in [6, 6.07) is 14.2. The second-order valence-electron chi connectivity index (χ2n) is 16.5. The summed E-state index contributed by atoms with van der Waals surface area (Å²) in [5.41, 5.74) is 5.57. The molecule has 2 amide bonds. The Morgan fingerprint density at radius 1 is 0.962 bits per heavy atom. The molecule has 2 aromatic carbocycles. The Morgan fingerprint density at radius 2 is 1.65 bits per heavy atom. The van der Waals surface area contributed by atoms with Gasteiger partial charge in [0.05, 0.1) is 28.2 Å². The summed E-state index contributed by atoms with van der Waals surface area (Å²) in [7, 11) is 0. The average molecular weight is 737 g/mol. The summed E-state index contributed by atoms with van der Waals surface area (Å²) in [6.45, 7) is 16.8. The molecule has 1 spiro atoms. The summed E-state index contributed by atoms with van der Waals surface area (Å²) >= 11 is 3.24. The minimum absolute atomic E-state index is 0.0346. The van der Waals surface area contributed by atoms with Crippen molar-refractivity contribution in [1.29, 1.82) is 0 Å². The molecule has 3 saturated heterocycles. The lowest BCUT2D eigenvalue weighted by Gasteiger charge is -2.36. The molecule has 2 N–H and O–H groups in total. The SMILES string of the molecule is C=C1CN(C(=O)OC(C)(C)C)C2S[C@]2(c2ncc(-c3ccc(C#Cc4ccc5nc([C@@H]6CC7(CC7)CN(C(=O)OC(C)(C)C)S6)[nH]c5c4)cc3)[nH]2)C1. The fourth-order valence-electron chi connectivity index (χ4n) is 7.01. The van der Waals surface area contributed by atoms with Gasteiger partial charge in [0.15, 0.2) is 0 Å². The highest BCUT2D eigenvalue weighted by atomic mass is 32.2. The third kappa shape index (κ3) is 7.05. The van der Waals surface area contributed by atoms with Gasteiger partial charge < -0.3 is 19.4 Å². The quantitative estimate of drug-likeness (QED) is 0.0928. The van der Waals surface area contributed by atoms with Gasteiger partial charge >= 0.3 is 12.2 Å². The number of hydrogen-bond acceptors (Lipinski definition) is 8. The fourth-order valence-corrected chi connectivity index (χ4v) is 9.88. The second kappa shape index (κ2) is 12.4. The number of thioether (sulfide) groups is 1. The first-order valence-electron chi connectivity index (χ1n) is 17.8. The molecule has 8 rings (SSSR count). The maximum absolute atomic E-state index is 13.0. The number of carbonyl (C=O) groups is 2. The molecule has 5 heterocycles. The minimum atomic E-state index is -0.562. The topological polar surface area (TPSA) is 116 Å². The Labute approximate surface area is 313 Å². The zero-order valence-corrected chi connectivity index (χ0v) is 32.1. The molecular weight excluding hydrogens is 693 g/mol. The number of nitrogens with one attached hydrogen (secondary N) is 2. The molecule has 1 unspecified atom stereocenters. The summed E-state index contributed by atoms with van der Waals surface area (Å²) in [5.74, 6) is 8.34. The summed E-state index contributed by atoms with van der Waals surface area (Å²) in [6.07, 6.45) is 5.27. The number of H-pyrrole nitrogens is 2. The van der Waals surface area contributed by atoms with Crippen LogP contribution in [0.15, 0.2) is 60.8 Å². The molecule has 1 saturated carbocycles. The van der Waals surface area contributed by atoms with Gasteiger partial charge in [-0.05, 0) is 120 Å². The van der Waals surface area contributed by atoms with Crippen molar-refractivity contribution in [2.75, 3.05) is 13.1 Å². The van der Waals surface area contributed by atoms with Crippen molar-refractivity contribution in [3.8, 4) is 23.1 Å². The molecule has 52 heavy (non-hydrogen) atoms. The molecule has 2 aromatic heterocycles. The Bertz CT molecular complexity index is 2150. The van der Waals surface area contributed by atoms with E-state index in [4.69, 9.17) is 19.4 Å². The van der Waals surface area contributed by atoms with Crippen LogP contribution in [0.2, 0.25) is 0 Å². The third-order valence-electron chi connectivity index (χ3n) is 9.72. The van der Waals surface area contributed by atoms with E-state index in [1.165, 1.54) is 11.9 Å². The van der Waals surface area contributed by atoms with Crippen LogP contribution in [0.4, 0.5) is 9.59 Å². The molecule has 3 atom stereocenters. The fraction of sp³-hybridized carbons (Fsp3) is 0.450. The standard InChI is InChI=1S/C40H44N6O4S2/c1-24-19-40(34(51-40)45(22-24)35(47)49-37(2,3)4)33-41-21-30(44-33)27-13-10-25(11-14-27)8-9-26-12-15-28-29(18-26)43-32(42-28)31-20-39(16-17-39)23-46(52-31)36(48)50-38(5,6)7/h10-15,18,21,31,34H,1,16-17,19-20,22-23H2,2-7H3,(H,41,44)(H,42,43)/t31-,34?,40-/m0/s1. The Kier molecular flexibility index (Phi) is 8.27. The molecular formula is C40H44N6O4S2. The van der Waals surface area contributed by atoms with Crippen LogP contribution >= 0.6 is 23.7 Å². The molecule has 3 aliphatic heterocycles. The van der Waals surface area contributed by atoms with E-state index < -0.39 is 11.2 Å². The lowest BCUT2D eigenvalue weighted by Crippen LogP contribution is -2.45. The number of amides is 2. The van der Waals surface area contributed by atoms with E-state index in [9.17, 15) is 9.59 Å². The number of hydrogen-bond donors (Lipinski definition) is 2. The van der Waals surface area contributed by atoms with Crippen molar-refractivity contribution in [1.82, 2.24) is 29.1 Å². The maximum Gasteiger partial charge on any atom is 0.420 e. The third-order valence-corrected chi connectivity index (χ3v) is 12.5. The zero-order chi connectivity index (χ0) is 36.6. The van der Waals surface area contributed by atoms with Crippen LogP contribution in [0.3, 0.4) is 0 Å². The number of aromatic amines is 2. The Morgan fingerprint density at radius 3 is 2.37 bits per heavy atom. The number of ether oxygens (including phenoxy) is 2. The second-order valence-corrected chi connectivity index (χ2v) is 19.2. The van der Waals surface area contributed by atoms with E-state index in [1.807, 2.05) is 90.2 Å². The van der Waals surface area contributed by atoms with E-state index in [2.05, 4.69) is 28.4 Å². The smallest absolute Gasteiger partial charge is 0.420 e. The lowest BCUT2D eigenvalue weighted by atomic mass is 9.94. The van der Waals surface area contributed by atoms with Gasteiger partial charge in [-0.15, -0.1) is 11.8 Å². The van der Waals surface area contributed by atoms with Crippen LogP contribution in [0.1, 0.15) is 95.3 Å². The van der Waals surface area contributed by atoms with Gasteiger partial charge in [0.1, 0.15) is 33.0 Å². The van der Waals surface area contributed by atoms with Gasteiger partial charge in [0.2, 0.25) is 0 Å². The number of carbonyl (C=O) groups excluding carboxylic acids is 2. The van der Waals surface area contributed by atoms with E-state index in [0.717, 1.165) is 82.9 Å². The van der Waals surface area contributed by atoms with E-state index >= 15 is 0 Å². The number of rotatable bonds is 3. The largest absolute Gasteiger partial charge is 0.444 e. The van der Waals surface area contributed by atoms with Crippen LogP contribution in [-0.4, -0.2) is 71.0 Å². The molecule has 270 valence electrons. The van der Waals surface area contributed by atoms with E-state index in [1.54, 1.807) is 21.0 Å². The molecule has 10 nitrogen and oxygen atoms in total. The molecule has 12 heteroatoms. The van der Waals surface area contributed by atoms with Gasteiger partial charge in [-0.3, -0.25) is 9.21 Å². The first-order valence-corrected chi connectivity index (χ1v) is 19.5. The molecule has 0 radical (unpaired) electrons. The molecule has 4 aromatic rings. The van der Waals surface area contributed by atoms with E-state index in [0.29, 0.717) is 6.54 Å². The van der Waals surface area contributed by atoms with Crippen LogP contribution in [0.5, 0.6) is 0 Å². The zero-order valence-electron chi connectivity index (χ0n) is 30.5. The molecule has 4 fully saturated rings. The minimum Gasteiger partial charge on any atom is -0.444 e. The number of benzene rings is 2. The highest BCUT2D eigenvalue weighted by Gasteiger charge is 2.65. The van der Waals surface area contributed by atoms with Crippen LogP contribution in [-0.2, 0) is 14.2 Å². The average Bonchev–Trinajstić information content (AvgIpc) is 3.85. The normalized spacial score (nSPS) is 23.5. The van der Waals surface area contributed by atoms with Crippen molar-refractivity contribution in [2.45, 2.75) is 93.8 Å². The lowest BCUT2D eigenvalue weighted by molar-refractivity contribution is 0.0224. The van der Waals surface area contributed by atoms with E-state index in [-0.39, 0.29) is 33.0 Å². The molecule has 4 aliphatic rings. The number of piperidine rings is 1. The summed E-state index contributed by atoms with van der Waals surface area (Å²) < 4.78 is 12.8. The highest BCUT2D eigenvalue weighted by Crippen LogP contribution is 2.67. The Hall–Kier alpha value is -4.34. The predicted octanol–water partition coefficient (Wildman–Crippen LogP) is 8.93. The first-order chi connectivity index (χ1) is 24.6. The highest BCUT2D eigenvalue weighted by molar-refractivity contribution is 8.08. The predicted molar refractivity (Wildman–Crippen MR) is 205 cm³/mol. The Balaban J connectivity index is 0.939. The summed E-state index contributed by atoms with van der Waals surface area (Å²) in [5, 5.41) is 0.0147. The van der Waals surface area contributed by atoms with Crippen LogP contribution in [0, 0.1) is 17.3 Å². The van der Waals surface area contributed by atoms with Crippen molar-refractivity contribution >= 4 is 46.9 Å². The van der Waals surface area contributed by atoms with Crippen molar-refractivity contribution in [3.05, 3.63) is 83.6 Å². The van der Waals surface area contributed by atoms with Crippen molar-refractivity contribution in [2.24, 2.45) is 5.41 Å². The van der Waals surface area contributed by atoms with Crippen molar-refractivity contribution in [3.63, 3.8) is 0 Å². The van der Waals surface area contributed by atoms with Gasteiger partial charge in [-0.25, -0.2) is 19.6 Å². The number of aromatic nitrogens is 4. The number of imidazole rings is 2. The van der Waals surface area contributed by atoms with Crippen LogP contribution in [0.25, 0.3) is 22.3 Å². The van der Waals surface area contributed by atoms with Crippen LogP contribution < -0.4 is 0 Å². The molecule has 1 aliphatic carbocycles. The number of likely N-dealkylation sites (tertiary alicyclic amines) is 1. The van der Waals surface area contributed by atoms with Crippen molar-refractivity contribution < 1.29 is 19.1 Å². The first kappa shape index (κ1) is 34.7. The number of fused-ring (bicyclic) bond motifs is 2. The monoisotopic (exact) mass is 736 g/mol. The number of nitrogens with zero attached hydrogens (tertiary/aromatic N) is 4. The van der Waals surface area contributed by atoms with Gasteiger partial charge in [-0.1, -0.05) is 36.1 Å². The van der Waals surface area contributed by atoms with Gasteiger partial charge in [0, 0.05) is 24.2 Å². The van der Waals surface area contributed by atoms with Gasteiger partial charge in [0.25, 0.3) is 0 Å². The molecule has 0 bridgehead atoms.